The molecule has 0 aliphatic rings. The van der Waals surface area contributed by atoms with Gasteiger partial charge in [-0.25, -0.2) is 13.4 Å². The number of hydrogen-bond donors (Lipinski definition) is 0. The van der Waals surface area contributed by atoms with Gasteiger partial charge in [-0.3, -0.25) is 9.08 Å². The number of aryl methyl sites for hydroxylation is 1. The zero-order chi connectivity index (χ0) is 20.9. The first-order valence-corrected chi connectivity index (χ1v) is 12.0. The minimum atomic E-state index is -3.21. The summed E-state index contributed by atoms with van der Waals surface area (Å²) in [5, 5.41) is 4.25. The smallest absolute Gasteiger partial charge is 0.175 e. The summed E-state index contributed by atoms with van der Waals surface area (Å²) in [5.74, 6) is 0. The normalized spacial score (nSPS) is 11.9. The first-order valence-electron chi connectivity index (χ1n) is 9.25. The fourth-order valence-electron chi connectivity index (χ4n) is 3.41. The van der Waals surface area contributed by atoms with Crippen molar-refractivity contribution >= 4 is 26.8 Å². The Hall–Kier alpha value is -3.23. The Morgan fingerprint density at radius 3 is 2.27 bits per heavy atom. The van der Waals surface area contributed by atoms with Crippen LogP contribution in [0.25, 0.3) is 37.8 Å². The van der Waals surface area contributed by atoms with Gasteiger partial charge in [-0.2, -0.15) is 5.10 Å². The molecule has 0 saturated carbocycles. The minimum Gasteiger partial charge on any atom is -0.298 e. The number of fused-ring (bicyclic) bond motifs is 1. The molecule has 0 unspecified atom stereocenters. The Balaban J connectivity index is 1.55. The van der Waals surface area contributed by atoms with Gasteiger partial charge in [0, 0.05) is 36.1 Å². The third-order valence-electron chi connectivity index (χ3n) is 4.97. The molecule has 0 N–H and O–H groups in total. The molecule has 0 spiro atoms. The maximum Gasteiger partial charge on any atom is 0.175 e. The molecule has 0 bridgehead atoms. The standard InChI is InChI=1S/C22H18N4O2S2/c1-25-13-17(11-24-25)20-8-9-21(29-20)19-12-23-22-10-5-16(14-26(19)22)15-3-6-18(7-4-15)30(2,27)28/h3-14H,1-2H3. The van der Waals surface area contributed by atoms with E-state index >= 15 is 0 Å². The van der Waals surface area contributed by atoms with Crippen LogP contribution in [-0.4, -0.2) is 33.8 Å². The monoisotopic (exact) mass is 434 g/mol. The number of aromatic nitrogens is 4. The number of pyridine rings is 1. The fourth-order valence-corrected chi connectivity index (χ4v) is 5.03. The number of rotatable bonds is 4. The van der Waals surface area contributed by atoms with E-state index in [4.69, 9.17) is 0 Å². The van der Waals surface area contributed by atoms with Crippen LogP contribution < -0.4 is 0 Å². The summed E-state index contributed by atoms with van der Waals surface area (Å²) in [6.45, 7) is 0. The van der Waals surface area contributed by atoms with Crippen molar-refractivity contribution in [3.05, 3.63) is 73.3 Å². The molecule has 0 radical (unpaired) electrons. The summed E-state index contributed by atoms with van der Waals surface area (Å²) in [6, 6.07) is 15.1. The van der Waals surface area contributed by atoms with Gasteiger partial charge < -0.3 is 0 Å². The zero-order valence-corrected chi connectivity index (χ0v) is 18.0. The highest BCUT2D eigenvalue weighted by atomic mass is 32.2. The molecule has 8 heteroatoms. The van der Waals surface area contributed by atoms with E-state index in [1.807, 2.05) is 56.1 Å². The van der Waals surface area contributed by atoms with Gasteiger partial charge in [0.1, 0.15) is 5.65 Å². The van der Waals surface area contributed by atoms with Crippen LogP contribution in [-0.2, 0) is 16.9 Å². The topological polar surface area (TPSA) is 69.3 Å². The van der Waals surface area contributed by atoms with Crippen molar-refractivity contribution in [1.29, 1.82) is 0 Å². The molecule has 5 rings (SSSR count). The van der Waals surface area contributed by atoms with Crippen LogP contribution in [0.3, 0.4) is 0 Å². The van der Waals surface area contributed by atoms with Gasteiger partial charge in [0.2, 0.25) is 0 Å². The summed E-state index contributed by atoms with van der Waals surface area (Å²) in [5.41, 5.74) is 4.91. The number of hydrogen-bond acceptors (Lipinski definition) is 5. The van der Waals surface area contributed by atoms with E-state index < -0.39 is 9.84 Å². The van der Waals surface area contributed by atoms with E-state index in [0.717, 1.165) is 37.8 Å². The lowest BCUT2D eigenvalue weighted by Crippen LogP contribution is -1.96. The Morgan fingerprint density at radius 2 is 1.57 bits per heavy atom. The Kier molecular flexibility index (Phi) is 4.34. The van der Waals surface area contributed by atoms with Crippen molar-refractivity contribution in [2.24, 2.45) is 7.05 Å². The number of sulfone groups is 1. The Labute approximate surface area is 178 Å². The minimum absolute atomic E-state index is 0.317. The summed E-state index contributed by atoms with van der Waals surface area (Å²) in [4.78, 5) is 7.12. The van der Waals surface area contributed by atoms with Crippen LogP contribution in [0.1, 0.15) is 0 Å². The van der Waals surface area contributed by atoms with Crippen LogP contribution >= 0.6 is 11.3 Å². The first-order chi connectivity index (χ1) is 14.4. The lowest BCUT2D eigenvalue weighted by Gasteiger charge is -2.06. The lowest BCUT2D eigenvalue weighted by molar-refractivity contribution is 0.602. The third kappa shape index (κ3) is 3.34. The Bertz CT molecular complexity index is 1480. The molecular weight excluding hydrogens is 416 g/mol. The quantitative estimate of drug-likeness (QED) is 0.417. The van der Waals surface area contributed by atoms with Crippen LogP contribution in [0.4, 0.5) is 0 Å². The molecule has 0 atom stereocenters. The summed E-state index contributed by atoms with van der Waals surface area (Å²) >= 11 is 1.70. The van der Waals surface area contributed by atoms with Crippen molar-refractivity contribution in [2.75, 3.05) is 6.26 Å². The first kappa shape index (κ1) is 18.8. The van der Waals surface area contributed by atoms with E-state index in [9.17, 15) is 8.42 Å². The van der Waals surface area contributed by atoms with Gasteiger partial charge in [0.25, 0.3) is 0 Å². The molecule has 6 nitrogen and oxygen atoms in total. The van der Waals surface area contributed by atoms with E-state index in [0.29, 0.717) is 4.90 Å². The Morgan fingerprint density at radius 1 is 0.833 bits per heavy atom. The summed E-state index contributed by atoms with van der Waals surface area (Å²) in [7, 11) is -1.30. The second-order valence-electron chi connectivity index (χ2n) is 7.15. The van der Waals surface area contributed by atoms with Gasteiger partial charge in [0.15, 0.2) is 9.84 Å². The molecule has 0 saturated heterocycles. The van der Waals surface area contributed by atoms with Crippen LogP contribution in [0.15, 0.2) is 78.2 Å². The number of benzene rings is 1. The van der Waals surface area contributed by atoms with Crippen LogP contribution in [0.5, 0.6) is 0 Å². The van der Waals surface area contributed by atoms with Gasteiger partial charge in [0.05, 0.1) is 27.9 Å². The molecule has 4 aromatic heterocycles. The van der Waals surface area contributed by atoms with Crippen LogP contribution in [0.2, 0.25) is 0 Å². The fraction of sp³-hybridized carbons (Fsp3) is 0.0909. The molecule has 1 aromatic carbocycles. The van der Waals surface area contributed by atoms with E-state index in [1.165, 1.54) is 6.26 Å². The molecule has 5 aromatic rings. The molecule has 4 heterocycles. The van der Waals surface area contributed by atoms with Gasteiger partial charge in [-0.05, 0) is 47.5 Å². The highest BCUT2D eigenvalue weighted by Crippen LogP contribution is 2.35. The maximum atomic E-state index is 11.7. The van der Waals surface area contributed by atoms with Crippen molar-refractivity contribution in [3.8, 4) is 32.1 Å². The van der Waals surface area contributed by atoms with Crippen molar-refractivity contribution in [1.82, 2.24) is 19.2 Å². The van der Waals surface area contributed by atoms with Crippen molar-refractivity contribution in [2.45, 2.75) is 4.90 Å². The molecule has 0 aliphatic heterocycles. The lowest BCUT2D eigenvalue weighted by atomic mass is 10.1. The number of thiophene rings is 1. The molecule has 0 fully saturated rings. The average Bonchev–Trinajstić information content (AvgIpc) is 3.45. The van der Waals surface area contributed by atoms with Crippen molar-refractivity contribution < 1.29 is 8.42 Å². The second-order valence-corrected chi connectivity index (χ2v) is 10.3. The maximum absolute atomic E-state index is 11.7. The van der Waals surface area contributed by atoms with Gasteiger partial charge >= 0.3 is 0 Å². The molecule has 0 amide bonds. The average molecular weight is 435 g/mol. The highest BCUT2D eigenvalue weighted by molar-refractivity contribution is 7.90. The van der Waals surface area contributed by atoms with E-state index in [2.05, 4.69) is 26.6 Å². The van der Waals surface area contributed by atoms with Gasteiger partial charge in [-0.1, -0.05) is 12.1 Å². The van der Waals surface area contributed by atoms with Crippen LogP contribution in [0, 0.1) is 0 Å². The molecular formula is C22H18N4O2S2. The third-order valence-corrected chi connectivity index (χ3v) is 7.25. The predicted octanol–water partition coefficient (Wildman–Crippen LogP) is 4.53. The molecule has 30 heavy (non-hydrogen) atoms. The molecule has 150 valence electrons. The number of imidazole rings is 1. The molecule has 0 aliphatic carbocycles. The summed E-state index contributed by atoms with van der Waals surface area (Å²) < 4.78 is 27.3. The summed E-state index contributed by atoms with van der Waals surface area (Å²) in [6.07, 6.45) is 9.00. The predicted molar refractivity (Wildman–Crippen MR) is 119 cm³/mol. The van der Waals surface area contributed by atoms with E-state index in [-0.39, 0.29) is 0 Å². The second kappa shape index (κ2) is 6.93. The SMILES string of the molecule is Cn1cc(-c2ccc(-c3cnc4ccc(-c5ccc(S(C)(=O)=O)cc5)cn34)s2)cn1. The largest absolute Gasteiger partial charge is 0.298 e. The highest BCUT2D eigenvalue weighted by Gasteiger charge is 2.12. The van der Waals surface area contributed by atoms with Crippen molar-refractivity contribution in [3.63, 3.8) is 0 Å². The van der Waals surface area contributed by atoms with E-state index in [1.54, 1.807) is 28.2 Å². The zero-order valence-electron chi connectivity index (χ0n) is 16.4. The van der Waals surface area contributed by atoms with Gasteiger partial charge in [-0.15, -0.1) is 11.3 Å². The number of nitrogens with zero attached hydrogens (tertiary/aromatic N) is 4.